The third-order valence-corrected chi connectivity index (χ3v) is 6.15. The Balaban J connectivity index is 1.65. The molecule has 0 radical (unpaired) electrons. The fourth-order valence-electron chi connectivity index (χ4n) is 3.47. The van der Waals surface area contributed by atoms with E-state index >= 15 is 0 Å². The van der Waals surface area contributed by atoms with E-state index in [0.29, 0.717) is 41.7 Å². The van der Waals surface area contributed by atoms with Crippen molar-refractivity contribution < 1.29 is 22.8 Å². The minimum Gasteiger partial charge on any atom is -0.354 e. The van der Waals surface area contributed by atoms with Crippen molar-refractivity contribution >= 4 is 45.7 Å². The second-order valence-corrected chi connectivity index (χ2v) is 8.81. The summed E-state index contributed by atoms with van der Waals surface area (Å²) in [7, 11) is 0. The van der Waals surface area contributed by atoms with E-state index in [-0.39, 0.29) is 18.4 Å². The smallest absolute Gasteiger partial charge is 0.354 e. The van der Waals surface area contributed by atoms with Gasteiger partial charge in [0, 0.05) is 43.4 Å². The van der Waals surface area contributed by atoms with Crippen LogP contribution in [0.5, 0.6) is 0 Å². The lowest BCUT2D eigenvalue weighted by atomic mass is 10.1. The number of anilines is 4. The quantitative estimate of drug-likeness (QED) is 0.389. The van der Waals surface area contributed by atoms with Gasteiger partial charge in [0.15, 0.2) is 5.13 Å². The van der Waals surface area contributed by atoms with Gasteiger partial charge in [-0.25, -0.2) is 19.7 Å². The zero-order chi connectivity index (χ0) is 25.7. The highest BCUT2D eigenvalue weighted by molar-refractivity contribution is 7.18. The van der Waals surface area contributed by atoms with Gasteiger partial charge in [-0.1, -0.05) is 11.3 Å². The van der Waals surface area contributed by atoms with Gasteiger partial charge in [-0.15, -0.1) is 0 Å². The van der Waals surface area contributed by atoms with E-state index in [1.54, 1.807) is 31.3 Å². The molecule has 1 fully saturated rings. The molecule has 14 heteroatoms. The molecule has 0 saturated carbocycles. The molecular weight excluding hydrogens is 497 g/mol. The minimum absolute atomic E-state index is 0.0787. The molecule has 0 atom stereocenters. The van der Waals surface area contributed by atoms with E-state index in [1.165, 1.54) is 11.3 Å². The number of hydrogen-bond acceptors (Lipinski definition) is 8. The summed E-state index contributed by atoms with van der Waals surface area (Å²) >= 11 is 1.36. The maximum absolute atomic E-state index is 13.1. The largest absolute Gasteiger partial charge is 0.433 e. The van der Waals surface area contributed by atoms with Crippen molar-refractivity contribution in [1.82, 2.24) is 25.6 Å². The topological polar surface area (TPSA) is 124 Å². The fraction of sp³-hybridized carbons (Fsp3) is 0.318. The lowest BCUT2D eigenvalue weighted by Crippen LogP contribution is -2.32. The van der Waals surface area contributed by atoms with Crippen LogP contribution in [0.1, 0.15) is 19.0 Å². The number of amides is 3. The first-order valence-electron chi connectivity index (χ1n) is 11.1. The maximum Gasteiger partial charge on any atom is 0.433 e. The Morgan fingerprint density at radius 1 is 1.22 bits per heavy atom. The second kappa shape index (κ2) is 10.8. The Bertz CT molecular complexity index is 1250. The predicted octanol–water partition coefficient (Wildman–Crippen LogP) is 3.83. The van der Waals surface area contributed by atoms with Crippen molar-refractivity contribution in [2.24, 2.45) is 0 Å². The van der Waals surface area contributed by atoms with Crippen LogP contribution in [0.25, 0.3) is 10.4 Å². The van der Waals surface area contributed by atoms with Crippen LogP contribution >= 0.6 is 11.3 Å². The molecule has 3 amide bonds. The van der Waals surface area contributed by atoms with Gasteiger partial charge in [-0.05, 0) is 43.2 Å². The molecule has 3 aromatic rings. The molecule has 10 nitrogen and oxygen atoms in total. The molecule has 36 heavy (non-hydrogen) atoms. The van der Waals surface area contributed by atoms with Gasteiger partial charge in [0.1, 0.15) is 5.69 Å². The van der Waals surface area contributed by atoms with E-state index in [4.69, 9.17) is 0 Å². The molecule has 1 aliphatic rings. The van der Waals surface area contributed by atoms with E-state index in [2.05, 4.69) is 36.2 Å². The van der Waals surface area contributed by atoms with E-state index in [0.717, 1.165) is 23.6 Å². The molecule has 1 saturated heterocycles. The SMILES string of the molecule is CCNC(=O)Nc1cc(Nc2nccc(C(F)(F)F)n2)cc(-c2cnc(N3CCCNC(=O)C3)s2)c1. The molecule has 3 heterocycles. The lowest BCUT2D eigenvalue weighted by Gasteiger charge is -2.17. The third kappa shape index (κ3) is 6.38. The van der Waals surface area contributed by atoms with Gasteiger partial charge in [-0.2, -0.15) is 13.2 Å². The van der Waals surface area contributed by atoms with Gasteiger partial charge in [0.05, 0.1) is 11.4 Å². The number of alkyl halides is 3. The van der Waals surface area contributed by atoms with Crippen LogP contribution in [-0.4, -0.2) is 53.1 Å². The maximum atomic E-state index is 13.1. The molecule has 0 bridgehead atoms. The summed E-state index contributed by atoms with van der Waals surface area (Å²) in [5.41, 5.74) is 0.340. The summed E-state index contributed by atoms with van der Waals surface area (Å²) in [5.74, 6) is -0.323. The van der Waals surface area contributed by atoms with Crippen LogP contribution in [0, 0.1) is 0 Å². The van der Waals surface area contributed by atoms with Crippen molar-refractivity contribution in [3.8, 4) is 10.4 Å². The van der Waals surface area contributed by atoms with E-state index in [9.17, 15) is 22.8 Å². The normalized spacial score (nSPS) is 14.1. The number of thiazole rings is 1. The van der Waals surface area contributed by atoms with Gasteiger partial charge in [0.2, 0.25) is 11.9 Å². The number of aromatic nitrogens is 3. The van der Waals surface area contributed by atoms with Crippen LogP contribution in [0.3, 0.4) is 0 Å². The van der Waals surface area contributed by atoms with Gasteiger partial charge in [-0.3, -0.25) is 4.79 Å². The van der Waals surface area contributed by atoms with Crippen molar-refractivity contribution in [2.75, 3.05) is 41.7 Å². The van der Waals surface area contributed by atoms with Gasteiger partial charge >= 0.3 is 12.2 Å². The number of halogens is 3. The number of benzene rings is 1. The van der Waals surface area contributed by atoms with Crippen LogP contribution in [0.4, 0.5) is 40.4 Å². The number of carbonyl (C=O) groups is 2. The minimum atomic E-state index is -4.62. The molecule has 4 rings (SSSR count). The van der Waals surface area contributed by atoms with E-state index < -0.39 is 17.9 Å². The molecule has 0 unspecified atom stereocenters. The number of carbonyl (C=O) groups excluding carboxylic acids is 2. The summed E-state index contributed by atoms with van der Waals surface area (Å²) in [6.07, 6.45) is -1.16. The summed E-state index contributed by atoms with van der Waals surface area (Å²) in [6, 6.07) is 5.32. The number of nitrogens with zero attached hydrogens (tertiary/aromatic N) is 4. The summed E-state index contributed by atoms with van der Waals surface area (Å²) in [4.78, 5) is 38.6. The van der Waals surface area contributed by atoms with Crippen LogP contribution in [0.15, 0.2) is 36.7 Å². The van der Waals surface area contributed by atoms with Crippen molar-refractivity contribution in [2.45, 2.75) is 19.5 Å². The molecular formula is C22H23F3N8O2S. The van der Waals surface area contributed by atoms with Gasteiger partial charge < -0.3 is 26.2 Å². The van der Waals surface area contributed by atoms with Crippen molar-refractivity contribution in [3.05, 3.63) is 42.4 Å². The number of urea groups is 1. The lowest BCUT2D eigenvalue weighted by molar-refractivity contribution is -0.141. The van der Waals surface area contributed by atoms with Gasteiger partial charge in [0.25, 0.3) is 0 Å². The number of nitrogens with one attached hydrogen (secondary N) is 4. The highest BCUT2D eigenvalue weighted by Gasteiger charge is 2.32. The van der Waals surface area contributed by atoms with E-state index in [1.807, 2.05) is 4.90 Å². The average Bonchev–Trinajstić information content (AvgIpc) is 3.21. The summed E-state index contributed by atoms with van der Waals surface area (Å²) < 4.78 is 39.2. The Hall–Kier alpha value is -3.94. The molecule has 0 aliphatic carbocycles. The highest BCUT2D eigenvalue weighted by atomic mass is 32.1. The first kappa shape index (κ1) is 25.2. The first-order valence-corrected chi connectivity index (χ1v) is 11.9. The molecule has 1 aromatic carbocycles. The highest BCUT2D eigenvalue weighted by Crippen LogP contribution is 2.35. The molecule has 2 aromatic heterocycles. The number of hydrogen-bond donors (Lipinski definition) is 4. The number of rotatable bonds is 6. The zero-order valence-electron chi connectivity index (χ0n) is 19.1. The van der Waals surface area contributed by atoms with Crippen molar-refractivity contribution in [3.63, 3.8) is 0 Å². The Morgan fingerprint density at radius 2 is 2.03 bits per heavy atom. The van der Waals surface area contributed by atoms with Crippen LogP contribution < -0.4 is 26.2 Å². The molecule has 4 N–H and O–H groups in total. The standard InChI is InChI=1S/C22H23F3N8O2S/c1-2-26-20(35)31-15-9-13(16-11-29-21(36-16)33-7-3-5-27-18(34)12-33)8-14(10-15)30-19-28-6-4-17(32-19)22(23,24)25/h4,6,8-11H,2-3,5,7,12H2,1H3,(H,27,34)(H2,26,31,35)(H,28,30,32). The van der Waals surface area contributed by atoms with Crippen molar-refractivity contribution in [1.29, 1.82) is 0 Å². The molecule has 0 spiro atoms. The first-order chi connectivity index (χ1) is 17.2. The fourth-order valence-corrected chi connectivity index (χ4v) is 4.40. The molecule has 190 valence electrons. The van der Waals surface area contributed by atoms with Crippen LogP contribution in [0.2, 0.25) is 0 Å². The monoisotopic (exact) mass is 520 g/mol. The second-order valence-electron chi connectivity index (χ2n) is 7.80. The molecule has 1 aliphatic heterocycles. The predicted molar refractivity (Wildman–Crippen MR) is 130 cm³/mol. The Morgan fingerprint density at radius 3 is 2.81 bits per heavy atom. The average molecular weight is 521 g/mol. The van der Waals surface area contributed by atoms with Crippen LogP contribution in [-0.2, 0) is 11.0 Å². The zero-order valence-corrected chi connectivity index (χ0v) is 20.0. The Labute approximate surface area is 208 Å². The summed E-state index contributed by atoms with van der Waals surface area (Å²) in [6.45, 7) is 3.66. The third-order valence-electron chi connectivity index (χ3n) is 5.04. The summed E-state index contributed by atoms with van der Waals surface area (Å²) in [5, 5.41) is 11.6. The Kier molecular flexibility index (Phi) is 7.52.